The van der Waals surface area contributed by atoms with Gasteiger partial charge in [-0.2, -0.15) is 0 Å². The summed E-state index contributed by atoms with van der Waals surface area (Å²) in [7, 11) is 0. The molecule has 0 N–H and O–H groups in total. The Balaban J connectivity index is 2.00. The third-order valence-corrected chi connectivity index (χ3v) is 3.63. The number of aromatic nitrogens is 3. The molecule has 1 aromatic heterocycles. The molecule has 4 heteroatoms. The maximum Gasteiger partial charge on any atom is 0.250 e. The van der Waals surface area contributed by atoms with E-state index in [1.54, 1.807) is 0 Å². The van der Waals surface area contributed by atoms with Gasteiger partial charge in [-0.05, 0) is 30.9 Å². The lowest BCUT2D eigenvalue weighted by Gasteiger charge is -2.17. The molecule has 3 rings (SSSR count). The fourth-order valence-corrected chi connectivity index (χ4v) is 2.59. The highest BCUT2D eigenvalue weighted by atomic mass is 15.3. The summed E-state index contributed by atoms with van der Waals surface area (Å²) in [6.07, 6.45) is 2.84. The van der Waals surface area contributed by atoms with E-state index in [0.29, 0.717) is 0 Å². The average molecular weight is 254 g/mol. The van der Waals surface area contributed by atoms with Gasteiger partial charge in [-0.1, -0.05) is 32.0 Å². The third-order valence-electron chi connectivity index (χ3n) is 3.63. The zero-order chi connectivity index (χ0) is 13.2. The summed E-state index contributed by atoms with van der Waals surface area (Å²) in [5.74, 6) is 0.735. The number of benzene rings is 1. The number of aryl methyl sites for hydroxylation is 2. The van der Waals surface area contributed by atoms with Crippen molar-refractivity contribution in [1.82, 2.24) is 15.2 Å². The maximum absolute atomic E-state index is 4.70. The molecule has 0 amide bonds. The van der Waals surface area contributed by atoms with E-state index in [9.17, 15) is 0 Å². The molecule has 0 radical (unpaired) electrons. The number of hydrogen-bond acceptors (Lipinski definition) is 4. The van der Waals surface area contributed by atoms with Crippen molar-refractivity contribution in [2.24, 2.45) is 0 Å². The lowest BCUT2D eigenvalue weighted by molar-refractivity contribution is 0.798. The van der Waals surface area contributed by atoms with Crippen LogP contribution in [-0.2, 0) is 19.3 Å². The molecule has 0 atom stereocenters. The highest BCUT2D eigenvalue weighted by Crippen LogP contribution is 2.32. The molecule has 0 fully saturated rings. The third kappa shape index (κ3) is 2.07. The predicted octanol–water partition coefficient (Wildman–Crippen LogP) is 2.69. The molecule has 1 aromatic carbocycles. The number of para-hydroxylation sites is 1. The van der Waals surface area contributed by atoms with Gasteiger partial charge < -0.3 is 4.90 Å². The first-order valence-electron chi connectivity index (χ1n) is 6.91. The van der Waals surface area contributed by atoms with E-state index < -0.39 is 0 Å². The Bertz CT molecular complexity index is 594. The molecule has 2 aromatic rings. The Morgan fingerprint density at radius 2 is 1.84 bits per heavy atom. The molecule has 19 heavy (non-hydrogen) atoms. The summed E-state index contributed by atoms with van der Waals surface area (Å²) in [5, 5.41) is 8.64. The standard InChI is InChI=1S/C15H18N4/c1-3-12-13(4-2)17-18-15(16-12)19-10-9-11-7-5-6-8-14(11)19/h5-8H,3-4,9-10H2,1-2H3. The molecule has 2 heterocycles. The second-order valence-corrected chi connectivity index (χ2v) is 4.74. The van der Waals surface area contributed by atoms with Gasteiger partial charge >= 0.3 is 0 Å². The maximum atomic E-state index is 4.70. The van der Waals surface area contributed by atoms with Crippen LogP contribution in [-0.4, -0.2) is 21.7 Å². The summed E-state index contributed by atoms with van der Waals surface area (Å²) in [5.41, 5.74) is 4.66. The fourth-order valence-electron chi connectivity index (χ4n) is 2.59. The summed E-state index contributed by atoms with van der Waals surface area (Å²) >= 11 is 0. The number of nitrogens with zero attached hydrogens (tertiary/aromatic N) is 4. The van der Waals surface area contributed by atoms with E-state index in [1.807, 2.05) is 0 Å². The van der Waals surface area contributed by atoms with Crippen molar-refractivity contribution < 1.29 is 0 Å². The van der Waals surface area contributed by atoms with Gasteiger partial charge in [0.15, 0.2) is 0 Å². The van der Waals surface area contributed by atoms with Crippen molar-refractivity contribution in [3.63, 3.8) is 0 Å². The van der Waals surface area contributed by atoms with Gasteiger partial charge in [0.2, 0.25) is 5.95 Å². The Kier molecular flexibility index (Phi) is 3.15. The van der Waals surface area contributed by atoms with Crippen molar-refractivity contribution in [3.8, 4) is 0 Å². The first kappa shape index (κ1) is 12.1. The quantitative estimate of drug-likeness (QED) is 0.844. The SMILES string of the molecule is CCc1nnc(N2CCc3ccccc32)nc1CC. The zero-order valence-electron chi connectivity index (χ0n) is 11.4. The van der Waals surface area contributed by atoms with Crippen LogP contribution in [0.4, 0.5) is 11.6 Å². The topological polar surface area (TPSA) is 41.9 Å². The fraction of sp³-hybridized carbons (Fsp3) is 0.400. The Labute approximate surface area is 113 Å². The minimum Gasteiger partial charge on any atom is -0.309 e. The van der Waals surface area contributed by atoms with Crippen molar-refractivity contribution in [2.45, 2.75) is 33.1 Å². The smallest absolute Gasteiger partial charge is 0.250 e. The van der Waals surface area contributed by atoms with Gasteiger partial charge in [0.05, 0.1) is 11.4 Å². The average Bonchev–Trinajstić information content (AvgIpc) is 2.90. The molecule has 0 saturated heterocycles. The van der Waals surface area contributed by atoms with Crippen molar-refractivity contribution in [1.29, 1.82) is 0 Å². The molecule has 1 aliphatic heterocycles. The minimum atomic E-state index is 0.735. The molecule has 0 spiro atoms. The van der Waals surface area contributed by atoms with Gasteiger partial charge in [-0.3, -0.25) is 0 Å². The van der Waals surface area contributed by atoms with Crippen LogP contribution in [0.25, 0.3) is 0 Å². The van der Waals surface area contributed by atoms with Gasteiger partial charge in [0, 0.05) is 12.2 Å². The number of fused-ring (bicyclic) bond motifs is 1. The molecule has 4 nitrogen and oxygen atoms in total. The second kappa shape index (κ2) is 4.96. The second-order valence-electron chi connectivity index (χ2n) is 4.74. The molecular formula is C15H18N4. The summed E-state index contributed by atoms with van der Waals surface area (Å²) < 4.78 is 0. The highest BCUT2D eigenvalue weighted by Gasteiger charge is 2.22. The Hall–Kier alpha value is -1.97. The van der Waals surface area contributed by atoms with Gasteiger partial charge in [0.25, 0.3) is 0 Å². The number of anilines is 2. The Morgan fingerprint density at radius 3 is 2.63 bits per heavy atom. The van der Waals surface area contributed by atoms with E-state index in [4.69, 9.17) is 4.98 Å². The van der Waals surface area contributed by atoms with Crippen molar-refractivity contribution in [3.05, 3.63) is 41.2 Å². The van der Waals surface area contributed by atoms with Crippen LogP contribution in [0, 0.1) is 0 Å². The lowest BCUT2D eigenvalue weighted by atomic mass is 10.2. The highest BCUT2D eigenvalue weighted by molar-refractivity contribution is 5.65. The zero-order valence-corrected chi connectivity index (χ0v) is 11.4. The van der Waals surface area contributed by atoms with Crippen LogP contribution in [0.5, 0.6) is 0 Å². The van der Waals surface area contributed by atoms with E-state index in [-0.39, 0.29) is 0 Å². The van der Waals surface area contributed by atoms with Crippen LogP contribution in [0.15, 0.2) is 24.3 Å². The Morgan fingerprint density at radius 1 is 1.05 bits per heavy atom. The van der Waals surface area contributed by atoms with Gasteiger partial charge in [0.1, 0.15) is 0 Å². The van der Waals surface area contributed by atoms with Crippen molar-refractivity contribution >= 4 is 11.6 Å². The minimum absolute atomic E-state index is 0.735. The molecule has 0 bridgehead atoms. The van der Waals surface area contributed by atoms with E-state index in [2.05, 4.69) is 53.2 Å². The molecule has 98 valence electrons. The molecule has 0 aliphatic carbocycles. The largest absolute Gasteiger partial charge is 0.309 e. The number of hydrogen-bond donors (Lipinski definition) is 0. The summed E-state index contributed by atoms with van der Waals surface area (Å²) in [6, 6.07) is 8.44. The number of rotatable bonds is 3. The monoisotopic (exact) mass is 254 g/mol. The summed E-state index contributed by atoms with van der Waals surface area (Å²) in [4.78, 5) is 6.86. The van der Waals surface area contributed by atoms with Crippen LogP contribution in [0.2, 0.25) is 0 Å². The van der Waals surface area contributed by atoms with Crippen LogP contribution >= 0.6 is 0 Å². The van der Waals surface area contributed by atoms with Crippen LogP contribution < -0.4 is 4.90 Å². The van der Waals surface area contributed by atoms with Crippen molar-refractivity contribution in [2.75, 3.05) is 11.4 Å². The van der Waals surface area contributed by atoms with E-state index in [1.165, 1.54) is 11.3 Å². The molecule has 1 aliphatic rings. The molecule has 0 unspecified atom stereocenters. The first-order chi connectivity index (χ1) is 9.33. The normalized spacial score (nSPS) is 13.7. The first-order valence-corrected chi connectivity index (χ1v) is 6.91. The van der Waals surface area contributed by atoms with Crippen LogP contribution in [0.3, 0.4) is 0 Å². The van der Waals surface area contributed by atoms with Crippen LogP contribution in [0.1, 0.15) is 30.8 Å². The molecular weight excluding hydrogens is 236 g/mol. The predicted molar refractivity (Wildman–Crippen MR) is 75.7 cm³/mol. The van der Waals surface area contributed by atoms with E-state index >= 15 is 0 Å². The summed E-state index contributed by atoms with van der Waals surface area (Å²) in [6.45, 7) is 5.15. The molecule has 0 saturated carbocycles. The van der Waals surface area contributed by atoms with Gasteiger partial charge in [-0.15, -0.1) is 10.2 Å². The van der Waals surface area contributed by atoms with Gasteiger partial charge in [-0.25, -0.2) is 4.98 Å². The lowest BCUT2D eigenvalue weighted by Crippen LogP contribution is -2.18. The van der Waals surface area contributed by atoms with E-state index in [0.717, 1.165) is 43.1 Å².